The highest BCUT2D eigenvalue weighted by atomic mass is 32.1. The molecule has 0 saturated carbocycles. The van der Waals surface area contributed by atoms with E-state index in [1.165, 1.54) is 0 Å². The number of rotatable bonds is 4. The molecule has 0 bridgehead atoms. The molecule has 0 radical (unpaired) electrons. The maximum atomic E-state index is 12.3. The van der Waals surface area contributed by atoms with Crippen LogP contribution in [0.2, 0.25) is 0 Å². The summed E-state index contributed by atoms with van der Waals surface area (Å²) in [5, 5.41) is 2.85. The molecule has 1 N–H and O–H groups in total. The quantitative estimate of drug-likeness (QED) is 0.793. The van der Waals surface area contributed by atoms with Crippen LogP contribution in [-0.4, -0.2) is 20.8 Å². The average molecular weight is 327 g/mol. The van der Waals surface area contributed by atoms with Gasteiger partial charge in [-0.2, -0.15) is 8.75 Å². The van der Waals surface area contributed by atoms with Crippen LogP contribution >= 0.6 is 11.7 Å². The van der Waals surface area contributed by atoms with Crippen molar-refractivity contribution in [2.75, 3.05) is 5.32 Å². The monoisotopic (exact) mass is 327 g/mol. The standard InChI is InChI=1S/C17H17N3O2S/c1-10-6-11(2)8-14(7-10)22-12(3)17(21)18-13-4-5-15-16(9-13)20-23-19-15/h4-9,12H,1-3H3,(H,18,21)/t12-/m0/s1. The van der Waals surface area contributed by atoms with Crippen LogP contribution in [0, 0.1) is 13.8 Å². The Labute approximate surface area is 138 Å². The molecule has 3 rings (SSSR count). The van der Waals surface area contributed by atoms with Crippen molar-refractivity contribution in [1.82, 2.24) is 8.75 Å². The normalized spacial score (nSPS) is 12.1. The van der Waals surface area contributed by atoms with E-state index < -0.39 is 6.10 Å². The van der Waals surface area contributed by atoms with Crippen molar-refractivity contribution >= 4 is 34.4 Å². The highest BCUT2D eigenvalue weighted by molar-refractivity contribution is 7.00. The molecule has 1 amide bonds. The van der Waals surface area contributed by atoms with E-state index in [0.29, 0.717) is 11.4 Å². The fraction of sp³-hybridized carbons (Fsp3) is 0.235. The molecule has 0 spiro atoms. The maximum absolute atomic E-state index is 12.3. The summed E-state index contributed by atoms with van der Waals surface area (Å²) < 4.78 is 14.1. The molecular weight excluding hydrogens is 310 g/mol. The minimum Gasteiger partial charge on any atom is -0.481 e. The number of nitrogens with one attached hydrogen (secondary N) is 1. The number of aryl methyl sites for hydroxylation is 2. The van der Waals surface area contributed by atoms with Crippen molar-refractivity contribution < 1.29 is 9.53 Å². The van der Waals surface area contributed by atoms with Gasteiger partial charge in [0.05, 0.1) is 11.7 Å². The Morgan fingerprint density at radius 3 is 2.52 bits per heavy atom. The zero-order valence-corrected chi connectivity index (χ0v) is 14.0. The van der Waals surface area contributed by atoms with Gasteiger partial charge in [-0.05, 0) is 62.2 Å². The van der Waals surface area contributed by atoms with E-state index in [9.17, 15) is 4.79 Å². The van der Waals surface area contributed by atoms with Gasteiger partial charge in [0.1, 0.15) is 16.8 Å². The summed E-state index contributed by atoms with van der Waals surface area (Å²) in [7, 11) is 0. The van der Waals surface area contributed by atoms with Crippen LogP contribution in [0.25, 0.3) is 11.0 Å². The van der Waals surface area contributed by atoms with E-state index in [-0.39, 0.29) is 5.91 Å². The summed E-state index contributed by atoms with van der Waals surface area (Å²) in [6, 6.07) is 11.4. The first kappa shape index (κ1) is 15.4. The zero-order valence-electron chi connectivity index (χ0n) is 13.2. The molecule has 1 aromatic heterocycles. The largest absolute Gasteiger partial charge is 0.481 e. The predicted molar refractivity (Wildman–Crippen MR) is 92.1 cm³/mol. The first-order valence-electron chi connectivity index (χ1n) is 7.29. The molecule has 0 aliphatic heterocycles. The zero-order chi connectivity index (χ0) is 16.4. The van der Waals surface area contributed by atoms with E-state index in [1.54, 1.807) is 13.0 Å². The third kappa shape index (κ3) is 3.65. The molecule has 2 aromatic carbocycles. The van der Waals surface area contributed by atoms with E-state index >= 15 is 0 Å². The first-order valence-corrected chi connectivity index (χ1v) is 8.02. The van der Waals surface area contributed by atoms with Gasteiger partial charge in [0, 0.05) is 5.69 Å². The molecule has 6 heteroatoms. The van der Waals surface area contributed by atoms with Gasteiger partial charge in [-0.25, -0.2) is 0 Å². The van der Waals surface area contributed by atoms with Gasteiger partial charge in [-0.3, -0.25) is 4.79 Å². The van der Waals surface area contributed by atoms with Gasteiger partial charge in [0.25, 0.3) is 5.91 Å². The number of hydrogen-bond acceptors (Lipinski definition) is 5. The molecule has 5 nitrogen and oxygen atoms in total. The SMILES string of the molecule is Cc1cc(C)cc(O[C@@H](C)C(=O)Nc2ccc3nsnc3c2)c1. The van der Waals surface area contributed by atoms with Gasteiger partial charge in [0.2, 0.25) is 0 Å². The molecule has 1 atom stereocenters. The Hall–Kier alpha value is -2.47. The van der Waals surface area contributed by atoms with Crippen LogP contribution in [0.3, 0.4) is 0 Å². The van der Waals surface area contributed by atoms with Crippen molar-refractivity contribution in [1.29, 1.82) is 0 Å². The Kier molecular flexibility index (Phi) is 4.25. The summed E-state index contributed by atoms with van der Waals surface area (Å²) in [6.45, 7) is 5.74. The van der Waals surface area contributed by atoms with Crippen LogP contribution in [0.5, 0.6) is 5.75 Å². The van der Waals surface area contributed by atoms with Crippen molar-refractivity contribution in [3.8, 4) is 5.75 Å². The van der Waals surface area contributed by atoms with E-state index in [0.717, 1.165) is 33.9 Å². The summed E-state index contributed by atoms with van der Waals surface area (Å²) >= 11 is 1.15. The van der Waals surface area contributed by atoms with Gasteiger partial charge in [0.15, 0.2) is 6.10 Å². The second kappa shape index (κ2) is 6.34. The lowest BCUT2D eigenvalue weighted by Gasteiger charge is -2.15. The molecule has 23 heavy (non-hydrogen) atoms. The summed E-state index contributed by atoms with van der Waals surface area (Å²) in [6.07, 6.45) is -0.597. The number of carbonyl (C=O) groups excluding carboxylic acids is 1. The van der Waals surface area contributed by atoms with Gasteiger partial charge in [-0.15, -0.1) is 0 Å². The number of anilines is 1. The molecule has 0 aliphatic carbocycles. The molecule has 0 unspecified atom stereocenters. The number of fused-ring (bicyclic) bond motifs is 1. The minimum atomic E-state index is -0.597. The number of hydrogen-bond donors (Lipinski definition) is 1. The van der Waals surface area contributed by atoms with E-state index in [2.05, 4.69) is 20.1 Å². The lowest BCUT2D eigenvalue weighted by Crippen LogP contribution is -2.30. The van der Waals surface area contributed by atoms with Crippen molar-refractivity contribution in [2.45, 2.75) is 26.9 Å². The summed E-state index contributed by atoms with van der Waals surface area (Å²) in [5.74, 6) is 0.496. The summed E-state index contributed by atoms with van der Waals surface area (Å²) in [4.78, 5) is 12.3. The van der Waals surface area contributed by atoms with Crippen molar-refractivity contribution in [2.24, 2.45) is 0 Å². The molecule has 0 fully saturated rings. The maximum Gasteiger partial charge on any atom is 0.265 e. The Balaban J connectivity index is 1.69. The van der Waals surface area contributed by atoms with E-state index in [4.69, 9.17) is 4.74 Å². The Morgan fingerprint density at radius 1 is 1.09 bits per heavy atom. The molecule has 0 aliphatic rings. The second-order valence-electron chi connectivity index (χ2n) is 5.54. The van der Waals surface area contributed by atoms with Crippen molar-refractivity contribution in [3.05, 3.63) is 47.5 Å². The number of benzene rings is 2. The Morgan fingerprint density at radius 2 is 1.78 bits per heavy atom. The van der Waals surface area contributed by atoms with Crippen LogP contribution in [0.4, 0.5) is 5.69 Å². The fourth-order valence-electron chi connectivity index (χ4n) is 2.36. The molecule has 118 valence electrons. The highest BCUT2D eigenvalue weighted by Gasteiger charge is 2.15. The Bertz CT molecular complexity index is 840. The molecule has 0 saturated heterocycles. The number of carbonyl (C=O) groups is 1. The molecular formula is C17H17N3O2S. The lowest BCUT2D eigenvalue weighted by atomic mass is 10.1. The third-order valence-electron chi connectivity index (χ3n) is 3.40. The number of ether oxygens (including phenoxy) is 1. The van der Waals surface area contributed by atoms with Crippen LogP contribution in [-0.2, 0) is 4.79 Å². The van der Waals surface area contributed by atoms with Gasteiger partial charge in [-0.1, -0.05) is 6.07 Å². The predicted octanol–water partition coefficient (Wildman–Crippen LogP) is 3.71. The lowest BCUT2D eigenvalue weighted by molar-refractivity contribution is -0.122. The smallest absolute Gasteiger partial charge is 0.265 e. The number of nitrogens with zero attached hydrogens (tertiary/aromatic N) is 2. The number of aromatic nitrogens is 2. The average Bonchev–Trinajstić information content (AvgIpc) is 2.93. The minimum absolute atomic E-state index is 0.202. The summed E-state index contributed by atoms with van der Waals surface area (Å²) in [5.41, 5.74) is 4.50. The van der Waals surface area contributed by atoms with E-state index in [1.807, 2.05) is 38.1 Å². The van der Waals surface area contributed by atoms with Gasteiger partial charge < -0.3 is 10.1 Å². The van der Waals surface area contributed by atoms with Gasteiger partial charge >= 0.3 is 0 Å². The highest BCUT2D eigenvalue weighted by Crippen LogP contribution is 2.20. The molecule has 1 heterocycles. The van der Waals surface area contributed by atoms with Crippen LogP contribution in [0.15, 0.2) is 36.4 Å². The van der Waals surface area contributed by atoms with Crippen LogP contribution in [0.1, 0.15) is 18.1 Å². The number of amides is 1. The fourth-order valence-corrected chi connectivity index (χ4v) is 2.88. The van der Waals surface area contributed by atoms with Crippen LogP contribution < -0.4 is 10.1 Å². The second-order valence-corrected chi connectivity index (χ2v) is 6.07. The topological polar surface area (TPSA) is 64.1 Å². The third-order valence-corrected chi connectivity index (χ3v) is 3.96. The first-order chi connectivity index (χ1) is 11.0. The molecule has 3 aromatic rings. The van der Waals surface area contributed by atoms with Crippen molar-refractivity contribution in [3.63, 3.8) is 0 Å².